The Balaban J connectivity index is 1.83. The third kappa shape index (κ3) is 6.34. The van der Waals surface area contributed by atoms with Gasteiger partial charge in [0.1, 0.15) is 24.3 Å². The van der Waals surface area contributed by atoms with E-state index in [-0.39, 0.29) is 13.0 Å². The molecule has 188 valence electrons. The van der Waals surface area contributed by atoms with E-state index in [0.717, 1.165) is 40.3 Å². The zero-order valence-electron chi connectivity index (χ0n) is 20.8. The van der Waals surface area contributed by atoms with Crippen LogP contribution in [0, 0.1) is 13.8 Å². The molecule has 10 heteroatoms. The molecule has 0 spiro atoms. The van der Waals surface area contributed by atoms with Gasteiger partial charge in [0.15, 0.2) is 0 Å². The number of ether oxygens (including phenoxy) is 1. The molecular formula is C25H33N5O5. The number of nitrogens with zero attached hydrogens (tertiary/aromatic N) is 4. The lowest BCUT2D eigenvalue weighted by Gasteiger charge is -2.18. The Morgan fingerprint density at radius 2 is 1.89 bits per heavy atom. The molecule has 2 aromatic heterocycles. The van der Waals surface area contributed by atoms with E-state index in [9.17, 15) is 15.0 Å². The van der Waals surface area contributed by atoms with E-state index in [1.54, 1.807) is 0 Å². The number of hydrogen-bond donors (Lipinski definition) is 3. The molecule has 0 aliphatic rings. The predicted octanol–water partition coefficient (Wildman–Crippen LogP) is 2.41. The van der Waals surface area contributed by atoms with Gasteiger partial charge in [-0.05, 0) is 62.6 Å². The van der Waals surface area contributed by atoms with Gasteiger partial charge in [-0.3, -0.25) is 4.79 Å². The lowest BCUT2D eigenvalue weighted by Crippen LogP contribution is -2.33. The molecule has 0 radical (unpaired) electrons. The molecule has 2 heterocycles. The first-order valence-electron chi connectivity index (χ1n) is 11.6. The van der Waals surface area contributed by atoms with E-state index in [1.165, 1.54) is 0 Å². The lowest BCUT2D eigenvalue weighted by atomic mass is 10.0. The van der Waals surface area contributed by atoms with Crippen molar-refractivity contribution in [2.75, 3.05) is 25.1 Å². The monoisotopic (exact) mass is 483 g/mol. The predicted molar refractivity (Wildman–Crippen MR) is 132 cm³/mol. The largest absolute Gasteiger partial charge is 0.490 e. The summed E-state index contributed by atoms with van der Waals surface area (Å²) in [4.78, 5) is 22.2. The van der Waals surface area contributed by atoms with Crippen molar-refractivity contribution in [3.63, 3.8) is 0 Å². The van der Waals surface area contributed by atoms with Crippen LogP contribution in [0.25, 0.3) is 22.8 Å². The molecule has 4 N–H and O–H groups in total. The lowest BCUT2D eigenvalue weighted by molar-refractivity contribution is -0.127. The van der Waals surface area contributed by atoms with Crippen molar-refractivity contribution in [3.05, 3.63) is 41.1 Å². The van der Waals surface area contributed by atoms with Crippen molar-refractivity contribution in [2.24, 2.45) is 5.73 Å². The Morgan fingerprint density at radius 1 is 1.14 bits per heavy atom. The highest BCUT2D eigenvalue weighted by Gasteiger charge is 2.20. The van der Waals surface area contributed by atoms with Crippen LogP contribution in [-0.4, -0.2) is 63.7 Å². The number of nitrogens with two attached hydrogens (primary N) is 1. The normalized spacial score (nSPS) is 12.9. The number of benzene rings is 1. The minimum absolute atomic E-state index is 0.0852. The first-order chi connectivity index (χ1) is 16.6. The van der Waals surface area contributed by atoms with Crippen molar-refractivity contribution in [3.8, 4) is 28.6 Å². The maximum absolute atomic E-state index is 11.0. The number of amides is 1. The zero-order valence-corrected chi connectivity index (χ0v) is 20.8. The molecule has 3 rings (SSSR count). The molecule has 0 aliphatic heterocycles. The molecular weight excluding hydrogens is 450 g/mol. The Hall–Kier alpha value is -3.50. The number of pyridine rings is 1. The summed E-state index contributed by atoms with van der Waals surface area (Å²) in [5, 5.41) is 23.8. The Kier molecular flexibility index (Phi) is 8.42. The summed E-state index contributed by atoms with van der Waals surface area (Å²) < 4.78 is 11.4. The average Bonchev–Trinajstić information content (AvgIpc) is 3.32. The first-order valence-corrected chi connectivity index (χ1v) is 11.6. The number of hydrogen-bond acceptors (Lipinski definition) is 9. The van der Waals surface area contributed by atoms with Gasteiger partial charge >= 0.3 is 0 Å². The van der Waals surface area contributed by atoms with E-state index in [0.29, 0.717) is 23.9 Å². The van der Waals surface area contributed by atoms with Gasteiger partial charge in [0.25, 0.3) is 5.89 Å². The second-order valence-corrected chi connectivity index (χ2v) is 8.55. The molecule has 2 atom stereocenters. The van der Waals surface area contributed by atoms with Crippen molar-refractivity contribution in [1.29, 1.82) is 0 Å². The summed E-state index contributed by atoms with van der Waals surface area (Å²) >= 11 is 0. The second-order valence-electron chi connectivity index (χ2n) is 8.55. The molecule has 1 unspecified atom stereocenters. The first kappa shape index (κ1) is 26.1. The summed E-state index contributed by atoms with van der Waals surface area (Å²) in [6.07, 6.45) is -1.98. The smallest absolute Gasteiger partial charge is 0.258 e. The van der Waals surface area contributed by atoms with Crippen LogP contribution in [0.5, 0.6) is 5.75 Å². The van der Waals surface area contributed by atoms with Gasteiger partial charge in [-0.15, -0.1) is 0 Å². The molecule has 0 saturated carbocycles. The average molecular weight is 484 g/mol. The molecule has 0 bridgehead atoms. The highest BCUT2D eigenvalue weighted by Crippen LogP contribution is 2.32. The maximum atomic E-state index is 11.0. The molecule has 10 nitrogen and oxygen atoms in total. The molecule has 3 aromatic rings. The topological polar surface area (TPSA) is 148 Å². The number of aliphatic hydroxyl groups is 2. The second kappa shape index (κ2) is 11.3. The fraction of sp³-hybridized carbons (Fsp3) is 0.440. The molecule has 0 saturated heterocycles. The summed E-state index contributed by atoms with van der Waals surface area (Å²) in [6, 6.07) is 7.65. The third-order valence-electron chi connectivity index (χ3n) is 5.71. The fourth-order valence-corrected chi connectivity index (χ4v) is 3.66. The quantitative estimate of drug-likeness (QED) is 0.374. The van der Waals surface area contributed by atoms with Crippen molar-refractivity contribution in [2.45, 2.75) is 52.7 Å². The van der Waals surface area contributed by atoms with Gasteiger partial charge < -0.3 is 30.1 Å². The van der Waals surface area contributed by atoms with Gasteiger partial charge in [0.2, 0.25) is 11.7 Å². The number of primary amides is 1. The number of carbonyl (C=O) groups excluding carboxylic acids is 1. The maximum Gasteiger partial charge on any atom is 0.258 e. The van der Waals surface area contributed by atoms with Crippen LogP contribution in [0.2, 0.25) is 0 Å². The van der Waals surface area contributed by atoms with Gasteiger partial charge in [-0.2, -0.15) is 4.98 Å². The van der Waals surface area contributed by atoms with Gasteiger partial charge in [-0.25, -0.2) is 4.98 Å². The molecule has 35 heavy (non-hydrogen) atoms. The van der Waals surface area contributed by atoms with Crippen LogP contribution in [-0.2, 0) is 11.2 Å². The van der Waals surface area contributed by atoms with Crippen molar-refractivity contribution in [1.82, 2.24) is 15.1 Å². The van der Waals surface area contributed by atoms with Crippen LogP contribution >= 0.6 is 0 Å². The van der Waals surface area contributed by atoms with E-state index in [1.807, 2.05) is 57.0 Å². The van der Waals surface area contributed by atoms with E-state index in [2.05, 4.69) is 22.0 Å². The van der Waals surface area contributed by atoms with Gasteiger partial charge in [0, 0.05) is 36.8 Å². The summed E-state index contributed by atoms with van der Waals surface area (Å²) in [6.45, 7) is 8.60. The van der Waals surface area contributed by atoms with Crippen LogP contribution in [0.3, 0.4) is 0 Å². The molecule has 1 aromatic carbocycles. The van der Waals surface area contributed by atoms with E-state index < -0.39 is 18.1 Å². The molecule has 0 aliphatic carbocycles. The fourth-order valence-electron chi connectivity index (χ4n) is 3.66. The van der Waals surface area contributed by atoms with Crippen LogP contribution < -0.4 is 15.4 Å². The zero-order chi connectivity index (χ0) is 25.7. The Labute approximate surface area is 204 Å². The Morgan fingerprint density at radius 3 is 2.54 bits per heavy atom. The number of aliphatic hydroxyl groups excluding tert-OH is 2. The number of carbonyl (C=O) groups is 1. The number of aryl methyl sites for hydroxylation is 3. The van der Waals surface area contributed by atoms with Crippen LogP contribution in [0.4, 0.5) is 5.82 Å². The summed E-state index contributed by atoms with van der Waals surface area (Å²) in [5.74, 6) is 1.44. The summed E-state index contributed by atoms with van der Waals surface area (Å²) in [7, 11) is 1.98. The van der Waals surface area contributed by atoms with Crippen molar-refractivity contribution < 1.29 is 24.3 Å². The SMILES string of the molecule is CCc1cc(-c2nc(-c3cc(C)nc(N(C)CC)c3)no2)cc(C)c1OC[C@H](O)CC(O)C(N)=O. The van der Waals surface area contributed by atoms with Gasteiger partial charge in [-0.1, -0.05) is 12.1 Å². The molecule has 0 fully saturated rings. The third-order valence-corrected chi connectivity index (χ3v) is 5.71. The van der Waals surface area contributed by atoms with E-state index >= 15 is 0 Å². The number of aromatic nitrogens is 3. The minimum Gasteiger partial charge on any atom is -0.490 e. The highest BCUT2D eigenvalue weighted by atomic mass is 16.5. The highest BCUT2D eigenvalue weighted by molar-refractivity contribution is 5.78. The standard InChI is InChI=1S/C25H33N5O5/c1-6-16-10-18(8-14(3)22(16)34-13-19(31)12-20(32)23(26)33)25-28-24(29-35-25)17-9-15(4)27-21(11-17)30(5)7-2/h8-11,19-20,31-32H,6-7,12-13H2,1-5H3,(H2,26,33)/t19-,20?/m1/s1. The van der Waals surface area contributed by atoms with Crippen LogP contribution in [0.1, 0.15) is 37.1 Å². The number of anilines is 1. The van der Waals surface area contributed by atoms with E-state index in [4.69, 9.17) is 15.0 Å². The molecule has 1 amide bonds. The van der Waals surface area contributed by atoms with Crippen molar-refractivity contribution >= 4 is 11.7 Å². The van der Waals surface area contributed by atoms with Gasteiger partial charge in [0.05, 0.1) is 6.10 Å². The minimum atomic E-state index is -1.42. The number of rotatable bonds is 11. The van der Waals surface area contributed by atoms with Crippen LogP contribution in [0.15, 0.2) is 28.8 Å². The summed E-state index contributed by atoms with van der Waals surface area (Å²) in [5.41, 5.74) is 9.20. The Bertz CT molecular complexity index is 1180.